The Morgan fingerprint density at radius 1 is 0.912 bits per heavy atom. The smallest absolute Gasteiger partial charge is 0.341 e. The van der Waals surface area contributed by atoms with Crippen LogP contribution >= 0.6 is 0 Å². The lowest BCUT2D eigenvalue weighted by atomic mass is 9.83. The number of aromatic nitrogens is 1. The zero-order valence-electron chi connectivity index (χ0n) is 18.5. The fourth-order valence-corrected chi connectivity index (χ4v) is 3.67. The Kier molecular flexibility index (Phi) is 6.45. The Balaban J connectivity index is 1.76. The Hall–Kier alpha value is -4.39. The van der Waals surface area contributed by atoms with Gasteiger partial charge in [0.2, 0.25) is 5.89 Å². The summed E-state index contributed by atoms with van der Waals surface area (Å²) in [7, 11) is 0. The Bertz CT molecular complexity index is 1240. The first-order valence-corrected chi connectivity index (χ1v) is 10.7. The number of carbonyl (C=O) groups is 2. The van der Waals surface area contributed by atoms with E-state index < -0.39 is 24.0 Å². The molecule has 4 aromatic rings. The average molecular weight is 457 g/mol. The van der Waals surface area contributed by atoms with Crippen LogP contribution in [-0.2, 0) is 21.4 Å². The van der Waals surface area contributed by atoms with Crippen molar-refractivity contribution < 1.29 is 29.0 Å². The predicted octanol–water partition coefficient (Wildman–Crippen LogP) is 5.06. The third kappa shape index (κ3) is 4.83. The molecule has 0 aliphatic rings. The van der Waals surface area contributed by atoms with Crippen molar-refractivity contribution in [3.8, 4) is 28.3 Å². The van der Waals surface area contributed by atoms with Gasteiger partial charge in [0.1, 0.15) is 16.9 Å². The molecule has 1 aromatic heterocycles. The highest BCUT2D eigenvalue weighted by Gasteiger charge is 2.41. The van der Waals surface area contributed by atoms with Crippen molar-refractivity contribution in [3.63, 3.8) is 0 Å². The highest BCUT2D eigenvalue weighted by Crippen LogP contribution is 2.38. The summed E-state index contributed by atoms with van der Waals surface area (Å²) >= 11 is 0. The van der Waals surface area contributed by atoms with E-state index in [2.05, 4.69) is 4.98 Å². The largest absolute Gasteiger partial charge is 0.482 e. The minimum Gasteiger partial charge on any atom is -0.482 e. The molecule has 0 bridgehead atoms. The van der Waals surface area contributed by atoms with Crippen molar-refractivity contribution in [1.82, 2.24) is 4.98 Å². The summed E-state index contributed by atoms with van der Waals surface area (Å²) < 4.78 is 11.4. The van der Waals surface area contributed by atoms with Crippen LogP contribution in [0.25, 0.3) is 22.6 Å². The fraction of sp³-hybridized carbons (Fsp3) is 0.148. The van der Waals surface area contributed by atoms with E-state index in [1.807, 2.05) is 60.7 Å². The normalized spacial score (nSPS) is 12.6. The maximum absolute atomic E-state index is 12.5. The van der Waals surface area contributed by atoms with Crippen molar-refractivity contribution in [2.75, 3.05) is 6.61 Å². The number of hydrogen-bond donors (Lipinski definition) is 2. The van der Waals surface area contributed by atoms with E-state index in [9.17, 15) is 14.7 Å². The maximum atomic E-state index is 12.5. The van der Waals surface area contributed by atoms with Gasteiger partial charge in [-0.1, -0.05) is 72.8 Å². The van der Waals surface area contributed by atoms with Crippen LogP contribution in [0.3, 0.4) is 0 Å². The van der Waals surface area contributed by atoms with E-state index in [0.29, 0.717) is 22.8 Å². The number of aliphatic carboxylic acids is 2. The first kappa shape index (κ1) is 22.8. The van der Waals surface area contributed by atoms with Crippen LogP contribution in [0, 0.1) is 0 Å². The number of carboxylic acid groups (broad SMARTS) is 2. The van der Waals surface area contributed by atoms with Gasteiger partial charge in [0.05, 0.1) is 0 Å². The second-order valence-corrected chi connectivity index (χ2v) is 8.07. The van der Waals surface area contributed by atoms with Crippen LogP contribution in [0.1, 0.15) is 18.4 Å². The molecule has 0 aliphatic heterocycles. The molecule has 1 unspecified atom stereocenters. The van der Waals surface area contributed by atoms with Crippen LogP contribution in [0.2, 0.25) is 0 Å². The number of ether oxygens (including phenoxy) is 1. The summed E-state index contributed by atoms with van der Waals surface area (Å²) in [5, 5.41) is 19.1. The Morgan fingerprint density at radius 2 is 1.56 bits per heavy atom. The molecule has 7 heteroatoms. The SMILES string of the molecule is CC(Cc1cccc(OCC(=O)O)c1)(C(=O)O)c1nc(-c2ccccc2)c(-c2ccccc2)o1. The number of nitrogens with zero attached hydrogens (tertiary/aromatic N) is 1. The first-order valence-electron chi connectivity index (χ1n) is 10.7. The van der Waals surface area contributed by atoms with Crippen LogP contribution in [0.4, 0.5) is 0 Å². The lowest BCUT2D eigenvalue weighted by Gasteiger charge is -2.21. The highest BCUT2D eigenvalue weighted by atomic mass is 16.5. The second-order valence-electron chi connectivity index (χ2n) is 8.07. The molecule has 172 valence electrons. The third-order valence-electron chi connectivity index (χ3n) is 5.47. The van der Waals surface area contributed by atoms with Gasteiger partial charge in [0.25, 0.3) is 0 Å². The van der Waals surface area contributed by atoms with E-state index in [1.54, 1.807) is 31.2 Å². The molecule has 0 saturated heterocycles. The first-order chi connectivity index (χ1) is 16.4. The molecule has 1 atom stereocenters. The van der Waals surface area contributed by atoms with Gasteiger partial charge in [-0.25, -0.2) is 9.78 Å². The monoisotopic (exact) mass is 457 g/mol. The molecule has 4 rings (SSSR count). The van der Waals surface area contributed by atoms with E-state index >= 15 is 0 Å². The van der Waals surface area contributed by atoms with Gasteiger partial charge < -0.3 is 19.4 Å². The highest BCUT2D eigenvalue weighted by molar-refractivity contribution is 5.82. The lowest BCUT2D eigenvalue weighted by molar-refractivity contribution is -0.144. The lowest BCUT2D eigenvalue weighted by Crippen LogP contribution is -2.35. The quantitative estimate of drug-likeness (QED) is 0.362. The molecular weight excluding hydrogens is 434 g/mol. The predicted molar refractivity (Wildman–Crippen MR) is 126 cm³/mol. The Labute approximate surface area is 196 Å². The molecule has 2 N–H and O–H groups in total. The van der Waals surface area contributed by atoms with Gasteiger partial charge in [-0.2, -0.15) is 0 Å². The minimum absolute atomic E-state index is 0.0651. The van der Waals surface area contributed by atoms with E-state index in [4.69, 9.17) is 14.3 Å². The van der Waals surface area contributed by atoms with Crippen molar-refractivity contribution in [1.29, 1.82) is 0 Å². The standard InChI is InChI=1S/C27H23NO6/c1-27(26(31)32,16-18-9-8-14-21(15-18)33-17-22(29)30)25-28-23(19-10-4-2-5-11-19)24(34-25)20-12-6-3-7-13-20/h2-15H,16-17H2,1H3,(H,29,30)(H,31,32). The summed E-state index contributed by atoms with van der Waals surface area (Å²) in [5.41, 5.74) is 1.33. The molecule has 7 nitrogen and oxygen atoms in total. The van der Waals surface area contributed by atoms with E-state index in [1.165, 1.54) is 0 Å². The molecule has 34 heavy (non-hydrogen) atoms. The van der Waals surface area contributed by atoms with Gasteiger partial charge in [-0.15, -0.1) is 0 Å². The molecule has 0 saturated carbocycles. The van der Waals surface area contributed by atoms with Gasteiger partial charge in [0, 0.05) is 11.1 Å². The molecule has 3 aromatic carbocycles. The van der Waals surface area contributed by atoms with E-state index in [-0.39, 0.29) is 12.3 Å². The molecule has 0 radical (unpaired) electrons. The molecule has 0 aliphatic carbocycles. The zero-order chi connectivity index (χ0) is 24.1. The maximum Gasteiger partial charge on any atom is 0.341 e. The zero-order valence-corrected chi connectivity index (χ0v) is 18.5. The second kappa shape index (κ2) is 9.62. The summed E-state index contributed by atoms with van der Waals surface area (Å²) in [4.78, 5) is 28.0. The summed E-state index contributed by atoms with van der Waals surface area (Å²) in [6.45, 7) is 1.08. The topological polar surface area (TPSA) is 110 Å². The third-order valence-corrected chi connectivity index (χ3v) is 5.47. The number of hydrogen-bond acceptors (Lipinski definition) is 5. The summed E-state index contributed by atoms with van der Waals surface area (Å²) in [5.74, 6) is -1.27. The van der Waals surface area contributed by atoms with E-state index in [0.717, 1.165) is 11.1 Å². The average Bonchev–Trinajstić information content (AvgIpc) is 3.30. The number of benzene rings is 3. The summed E-state index contributed by atoms with van der Waals surface area (Å²) in [6, 6.07) is 25.6. The molecule has 0 fully saturated rings. The van der Waals surface area contributed by atoms with Gasteiger partial charge in [-0.3, -0.25) is 4.79 Å². The van der Waals surface area contributed by atoms with Gasteiger partial charge in [0.15, 0.2) is 12.4 Å². The van der Waals surface area contributed by atoms with Crippen molar-refractivity contribution >= 4 is 11.9 Å². The van der Waals surface area contributed by atoms with Gasteiger partial charge >= 0.3 is 11.9 Å². The van der Waals surface area contributed by atoms with Crippen LogP contribution in [0.5, 0.6) is 5.75 Å². The van der Waals surface area contributed by atoms with Gasteiger partial charge in [-0.05, 0) is 31.0 Å². The fourth-order valence-electron chi connectivity index (χ4n) is 3.67. The number of rotatable bonds is 9. The van der Waals surface area contributed by atoms with Crippen molar-refractivity contribution in [2.45, 2.75) is 18.8 Å². The number of oxazole rings is 1. The Morgan fingerprint density at radius 3 is 2.18 bits per heavy atom. The van der Waals surface area contributed by atoms with Crippen molar-refractivity contribution in [3.05, 3.63) is 96.4 Å². The number of carboxylic acids is 2. The van der Waals surface area contributed by atoms with Crippen LogP contribution in [-0.4, -0.2) is 33.7 Å². The molecule has 0 amide bonds. The molecular formula is C27H23NO6. The minimum atomic E-state index is -1.48. The van der Waals surface area contributed by atoms with Crippen LogP contribution in [0.15, 0.2) is 89.3 Å². The molecule has 1 heterocycles. The molecule has 0 spiro atoms. The summed E-state index contributed by atoms with van der Waals surface area (Å²) in [6.07, 6.45) is 0.0651. The van der Waals surface area contributed by atoms with Crippen LogP contribution < -0.4 is 4.74 Å². The van der Waals surface area contributed by atoms with Crippen molar-refractivity contribution in [2.24, 2.45) is 0 Å².